The summed E-state index contributed by atoms with van der Waals surface area (Å²) in [6.45, 7) is 0.954. The summed E-state index contributed by atoms with van der Waals surface area (Å²) in [6.07, 6.45) is -0.128. The van der Waals surface area contributed by atoms with Crippen LogP contribution >= 0.6 is 15.9 Å². The van der Waals surface area contributed by atoms with Crippen LogP contribution < -0.4 is 0 Å². The van der Waals surface area contributed by atoms with E-state index in [1.165, 1.54) is 7.11 Å². The van der Waals surface area contributed by atoms with Crippen molar-refractivity contribution in [2.45, 2.75) is 25.1 Å². The number of hydrogen-bond donors (Lipinski definition) is 1. The Hall–Kier alpha value is -1.42. The van der Waals surface area contributed by atoms with Crippen LogP contribution in [0.1, 0.15) is 17.5 Å². The van der Waals surface area contributed by atoms with Crippen molar-refractivity contribution >= 4 is 21.9 Å². The molecule has 0 radical (unpaired) electrons. The number of β-amino-alcohol motifs (C(OH)–C–C–N with tert-alkyl or cyclic N) is 1. The Morgan fingerprint density at radius 1 is 1.65 bits per heavy atom. The maximum atomic E-state index is 11.7. The summed E-state index contributed by atoms with van der Waals surface area (Å²) >= 11 is 3.43. The fraction of sp³-hybridized carbons (Fsp3) is 0.429. The van der Waals surface area contributed by atoms with Crippen molar-refractivity contribution < 1.29 is 14.6 Å². The molecule has 2 rings (SSSR count). The maximum absolute atomic E-state index is 11.7. The van der Waals surface area contributed by atoms with E-state index in [-0.39, 0.29) is 5.97 Å². The van der Waals surface area contributed by atoms with E-state index in [9.17, 15) is 9.90 Å². The number of likely N-dealkylation sites (tertiary alicyclic amines) is 1. The molecule has 0 aliphatic carbocycles. The molecule has 0 bridgehead atoms. The molecule has 1 aliphatic rings. The molecule has 1 fully saturated rings. The van der Waals surface area contributed by atoms with E-state index in [1.54, 1.807) is 12.1 Å². The lowest BCUT2D eigenvalue weighted by molar-refractivity contribution is -0.146. The van der Waals surface area contributed by atoms with Crippen molar-refractivity contribution in [2.24, 2.45) is 0 Å². The number of hydrogen-bond acceptors (Lipinski definition) is 5. The van der Waals surface area contributed by atoms with Crippen LogP contribution in [-0.2, 0) is 16.1 Å². The molecule has 106 valence electrons. The lowest BCUT2D eigenvalue weighted by Crippen LogP contribution is -2.36. The highest BCUT2D eigenvalue weighted by molar-refractivity contribution is 9.10. The number of methoxy groups -OCH3 is 1. The largest absolute Gasteiger partial charge is 0.468 e. The van der Waals surface area contributed by atoms with Gasteiger partial charge in [-0.05, 0) is 17.7 Å². The van der Waals surface area contributed by atoms with Crippen LogP contribution in [0.15, 0.2) is 22.7 Å². The normalized spacial score (nSPS) is 22.5. The second-order valence-electron chi connectivity index (χ2n) is 4.78. The minimum Gasteiger partial charge on any atom is -0.468 e. The summed E-state index contributed by atoms with van der Waals surface area (Å²) in [7, 11) is 1.35. The van der Waals surface area contributed by atoms with Gasteiger partial charge in [0.15, 0.2) is 0 Å². The summed E-state index contributed by atoms with van der Waals surface area (Å²) < 4.78 is 5.59. The van der Waals surface area contributed by atoms with Crippen molar-refractivity contribution in [2.75, 3.05) is 13.7 Å². The average molecular weight is 339 g/mol. The van der Waals surface area contributed by atoms with Gasteiger partial charge in [-0.2, -0.15) is 5.26 Å². The van der Waals surface area contributed by atoms with Crippen LogP contribution in [0.3, 0.4) is 0 Å². The van der Waals surface area contributed by atoms with Gasteiger partial charge in [-0.3, -0.25) is 9.69 Å². The van der Waals surface area contributed by atoms with Crippen LogP contribution in [0.4, 0.5) is 0 Å². The van der Waals surface area contributed by atoms with E-state index in [0.717, 1.165) is 10.0 Å². The Labute approximate surface area is 125 Å². The van der Waals surface area contributed by atoms with Crippen molar-refractivity contribution in [1.29, 1.82) is 5.26 Å². The third-order valence-electron chi connectivity index (χ3n) is 3.41. The molecule has 0 unspecified atom stereocenters. The summed E-state index contributed by atoms with van der Waals surface area (Å²) in [6, 6.07) is 6.98. The SMILES string of the molecule is COC(=O)[C@H]1C[C@@H](O)CN1Cc1ccc(C#N)cc1Br. The predicted molar refractivity (Wildman–Crippen MR) is 75.7 cm³/mol. The zero-order chi connectivity index (χ0) is 14.7. The van der Waals surface area contributed by atoms with E-state index in [0.29, 0.717) is 25.1 Å². The molecule has 1 saturated heterocycles. The van der Waals surface area contributed by atoms with Crippen LogP contribution in [0, 0.1) is 11.3 Å². The van der Waals surface area contributed by atoms with Gasteiger partial charge in [-0.25, -0.2) is 0 Å². The molecule has 0 aromatic heterocycles. The van der Waals surface area contributed by atoms with E-state index in [4.69, 9.17) is 10.00 Å². The number of esters is 1. The van der Waals surface area contributed by atoms with E-state index >= 15 is 0 Å². The second-order valence-corrected chi connectivity index (χ2v) is 5.63. The van der Waals surface area contributed by atoms with E-state index < -0.39 is 12.1 Å². The highest BCUT2D eigenvalue weighted by atomic mass is 79.9. The third-order valence-corrected chi connectivity index (χ3v) is 4.15. The quantitative estimate of drug-likeness (QED) is 0.844. The molecule has 1 heterocycles. The minimum atomic E-state index is -0.517. The van der Waals surface area contributed by atoms with Gasteiger partial charge in [0.05, 0.1) is 24.8 Å². The summed E-state index contributed by atoms with van der Waals surface area (Å²) in [5, 5.41) is 18.6. The molecule has 20 heavy (non-hydrogen) atoms. The number of nitriles is 1. The van der Waals surface area contributed by atoms with Crippen molar-refractivity contribution in [1.82, 2.24) is 4.90 Å². The number of aliphatic hydroxyl groups excluding tert-OH is 1. The van der Waals surface area contributed by atoms with Gasteiger partial charge in [0.2, 0.25) is 0 Å². The van der Waals surface area contributed by atoms with Gasteiger partial charge in [0, 0.05) is 24.0 Å². The Morgan fingerprint density at radius 3 is 3.00 bits per heavy atom. The number of halogens is 1. The number of nitrogens with zero attached hydrogens (tertiary/aromatic N) is 2. The fourth-order valence-corrected chi connectivity index (χ4v) is 2.90. The van der Waals surface area contributed by atoms with Crippen LogP contribution in [0.5, 0.6) is 0 Å². The molecule has 1 aromatic carbocycles. The summed E-state index contributed by atoms with van der Waals surface area (Å²) in [5.41, 5.74) is 1.54. The van der Waals surface area contributed by atoms with Gasteiger partial charge in [0.25, 0.3) is 0 Å². The van der Waals surface area contributed by atoms with Gasteiger partial charge < -0.3 is 9.84 Å². The number of benzene rings is 1. The van der Waals surface area contributed by atoms with E-state index in [1.807, 2.05) is 11.0 Å². The van der Waals surface area contributed by atoms with Crippen molar-refractivity contribution in [3.05, 3.63) is 33.8 Å². The van der Waals surface area contributed by atoms with Gasteiger partial charge in [-0.15, -0.1) is 0 Å². The minimum absolute atomic E-state index is 0.327. The first-order chi connectivity index (χ1) is 9.55. The first-order valence-corrected chi connectivity index (χ1v) is 7.03. The van der Waals surface area contributed by atoms with Crippen molar-refractivity contribution in [3.63, 3.8) is 0 Å². The molecule has 1 aliphatic heterocycles. The molecular formula is C14H15BrN2O3. The Kier molecular flexibility index (Phi) is 4.76. The summed E-state index contributed by atoms with van der Waals surface area (Å²) in [4.78, 5) is 13.6. The molecule has 0 amide bonds. The predicted octanol–water partition coefficient (Wildman–Crippen LogP) is 1.43. The monoisotopic (exact) mass is 338 g/mol. The third kappa shape index (κ3) is 3.18. The zero-order valence-electron chi connectivity index (χ0n) is 11.0. The first kappa shape index (κ1) is 15.0. The molecular weight excluding hydrogens is 324 g/mol. The Bertz CT molecular complexity index is 556. The Balaban J connectivity index is 2.16. The van der Waals surface area contributed by atoms with Crippen molar-refractivity contribution in [3.8, 4) is 6.07 Å². The zero-order valence-corrected chi connectivity index (χ0v) is 12.6. The van der Waals surface area contributed by atoms with Gasteiger partial charge >= 0.3 is 5.97 Å². The van der Waals surface area contributed by atoms with E-state index in [2.05, 4.69) is 22.0 Å². The molecule has 2 atom stereocenters. The topological polar surface area (TPSA) is 73.6 Å². The lowest BCUT2D eigenvalue weighted by Gasteiger charge is -2.22. The number of rotatable bonds is 3. The Morgan fingerprint density at radius 2 is 2.40 bits per heavy atom. The highest BCUT2D eigenvalue weighted by Gasteiger charge is 2.36. The van der Waals surface area contributed by atoms with Gasteiger partial charge in [0.1, 0.15) is 6.04 Å². The highest BCUT2D eigenvalue weighted by Crippen LogP contribution is 2.25. The van der Waals surface area contributed by atoms with Crippen LogP contribution in [-0.4, -0.2) is 41.8 Å². The summed E-state index contributed by atoms with van der Waals surface area (Å²) in [5.74, 6) is -0.327. The van der Waals surface area contributed by atoms with Crippen LogP contribution in [0.2, 0.25) is 0 Å². The molecule has 0 spiro atoms. The molecule has 1 aromatic rings. The standard InChI is InChI=1S/C14H15BrN2O3/c1-20-14(19)13-5-11(18)8-17(13)7-10-3-2-9(6-16)4-12(10)15/h2-4,11,13,18H,5,7-8H2,1H3/t11-,13-/m1/s1. The molecule has 1 N–H and O–H groups in total. The maximum Gasteiger partial charge on any atom is 0.323 e. The fourth-order valence-electron chi connectivity index (χ4n) is 2.40. The molecule has 6 heteroatoms. The lowest BCUT2D eigenvalue weighted by atomic mass is 10.1. The molecule has 0 saturated carbocycles. The smallest absolute Gasteiger partial charge is 0.323 e. The van der Waals surface area contributed by atoms with Gasteiger partial charge in [-0.1, -0.05) is 22.0 Å². The second kappa shape index (κ2) is 6.35. The number of carbonyl (C=O) groups excluding carboxylic acids is 1. The molecule has 5 nitrogen and oxygen atoms in total. The average Bonchev–Trinajstić information content (AvgIpc) is 2.81. The number of carbonyl (C=O) groups is 1. The number of aliphatic hydroxyl groups is 1. The number of ether oxygens (including phenoxy) is 1. The first-order valence-electron chi connectivity index (χ1n) is 6.23. The van der Waals surface area contributed by atoms with Crippen LogP contribution in [0.25, 0.3) is 0 Å².